The topological polar surface area (TPSA) is 119 Å². The van der Waals surface area contributed by atoms with E-state index in [0.29, 0.717) is 33.1 Å². The van der Waals surface area contributed by atoms with Gasteiger partial charge in [0.15, 0.2) is 0 Å². The molecule has 0 saturated heterocycles. The van der Waals surface area contributed by atoms with Crippen molar-refractivity contribution in [3.63, 3.8) is 0 Å². The molecule has 0 aliphatic rings. The van der Waals surface area contributed by atoms with Gasteiger partial charge in [0.25, 0.3) is 11.8 Å². The van der Waals surface area contributed by atoms with Gasteiger partial charge in [0.05, 0.1) is 5.52 Å². The summed E-state index contributed by atoms with van der Waals surface area (Å²) in [6.45, 7) is 0. The lowest BCUT2D eigenvalue weighted by atomic mass is 10.2. The van der Waals surface area contributed by atoms with Gasteiger partial charge in [-0.3, -0.25) is 19.9 Å². The normalized spacial score (nSPS) is 10.5. The highest BCUT2D eigenvalue weighted by Gasteiger charge is 2.11. The number of ether oxygens (including phenoxy) is 1. The Morgan fingerprint density at radius 3 is 2.58 bits per heavy atom. The lowest BCUT2D eigenvalue weighted by Crippen LogP contribution is -2.18. The number of hydrogen-bond acceptors (Lipinski definition) is 7. The average molecular weight is 435 g/mol. The van der Waals surface area contributed by atoms with Crippen molar-refractivity contribution in [2.45, 2.75) is 0 Å². The van der Waals surface area contributed by atoms with Crippen molar-refractivity contribution < 1.29 is 14.3 Å². The van der Waals surface area contributed by atoms with Gasteiger partial charge < -0.3 is 10.1 Å². The summed E-state index contributed by atoms with van der Waals surface area (Å²) in [4.78, 5) is 32.3. The Kier molecular flexibility index (Phi) is 5.67. The second kappa shape index (κ2) is 8.72. The first-order valence-electron chi connectivity index (χ1n) is 9.09. The number of anilines is 1. The number of nitrogens with zero attached hydrogens (tertiary/aromatic N) is 4. The maximum Gasteiger partial charge on any atom is 0.269 e. The molecule has 0 unspecified atom stereocenters. The van der Waals surface area contributed by atoms with Gasteiger partial charge >= 0.3 is 0 Å². The molecule has 10 heteroatoms. The molecule has 0 saturated carbocycles. The van der Waals surface area contributed by atoms with Crippen molar-refractivity contribution in [2.24, 2.45) is 0 Å². The van der Waals surface area contributed by atoms with E-state index in [1.165, 1.54) is 19.3 Å². The van der Waals surface area contributed by atoms with Gasteiger partial charge in [-0.05, 0) is 36.4 Å². The molecule has 31 heavy (non-hydrogen) atoms. The number of hydrogen-bond donors (Lipinski definition) is 2. The zero-order valence-corrected chi connectivity index (χ0v) is 16.9. The molecule has 4 rings (SSSR count). The fourth-order valence-electron chi connectivity index (χ4n) is 2.70. The van der Waals surface area contributed by atoms with Crippen molar-refractivity contribution in [3.8, 4) is 11.5 Å². The predicted molar refractivity (Wildman–Crippen MR) is 114 cm³/mol. The SMILES string of the molecule is CNC(=O)c1cc(Oc2ccc3nc(NC(=O)c4cccc(Cl)c4)nnc3c2)ccn1. The van der Waals surface area contributed by atoms with Crippen LogP contribution in [0.4, 0.5) is 5.95 Å². The quantitative estimate of drug-likeness (QED) is 0.493. The van der Waals surface area contributed by atoms with Crippen LogP contribution in [-0.4, -0.2) is 39.0 Å². The van der Waals surface area contributed by atoms with Crippen molar-refractivity contribution >= 4 is 40.4 Å². The minimum atomic E-state index is -0.395. The lowest BCUT2D eigenvalue weighted by Gasteiger charge is -2.08. The lowest BCUT2D eigenvalue weighted by molar-refractivity contribution is 0.0957. The van der Waals surface area contributed by atoms with Crippen molar-refractivity contribution in [3.05, 3.63) is 77.1 Å². The van der Waals surface area contributed by atoms with Crippen molar-refractivity contribution in [2.75, 3.05) is 12.4 Å². The fraction of sp³-hybridized carbons (Fsp3) is 0.0476. The van der Waals surface area contributed by atoms with Gasteiger partial charge in [0.2, 0.25) is 5.95 Å². The van der Waals surface area contributed by atoms with Crippen LogP contribution in [0.15, 0.2) is 60.8 Å². The maximum absolute atomic E-state index is 12.3. The molecule has 0 radical (unpaired) electrons. The molecule has 0 fully saturated rings. The number of pyridine rings is 1. The Hall–Kier alpha value is -4.11. The molecule has 0 atom stereocenters. The number of benzene rings is 2. The molecule has 2 aromatic carbocycles. The molecule has 154 valence electrons. The Morgan fingerprint density at radius 1 is 0.935 bits per heavy atom. The third kappa shape index (κ3) is 4.73. The van der Waals surface area contributed by atoms with Crippen LogP contribution in [0.2, 0.25) is 5.02 Å². The van der Waals surface area contributed by atoms with Crippen LogP contribution in [0, 0.1) is 0 Å². The summed E-state index contributed by atoms with van der Waals surface area (Å²) in [5.41, 5.74) is 1.61. The van der Waals surface area contributed by atoms with Gasteiger partial charge in [-0.25, -0.2) is 4.98 Å². The Morgan fingerprint density at radius 2 is 1.77 bits per heavy atom. The summed E-state index contributed by atoms with van der Waals surface area (Å²) in [7, 11) is 1.53. The molecule has 0 bridgehead atoms. The highest BCUT2D eigenvalue weighted by molar-refractivity contribution is 6.31. The van der Waals surface area contributed by atoms with Crippen LogP contribution < -0.4 is 15.4 Å². The molecule has 0 spiro atoms. The molecule has 0 aliphatic carbocycles. The van der Waals surface area contributed by atoms with Gasteiger partial charge in [0, 0.05) is 36.0 Å². The van der Waals surface area contributed by atoms with Crippen LogP contribution >= 0.6 is 11.6 Å². The molecule has 9 nitrogen and oxygen atoms in total. The molecular weight excluding hydrogens is 420 g/mol. The summed E-state index contributed by atoms with van der Waals surface area (Å²) < 4.78 is 5.79. The highest BCUT2D eigenvalue weighted by atomic mass is 35.5. The van der Waals surface area contributed by atoms with Crippen molar-refractivity contribution in [1.82, 2.24) is 25.5 Å². The van der Waals surface area contributed by atoms with Crippen LogP contribution in [0.1, 0.15) is 20.8 Å². The van der Waals surface area contributed by atoms with Gasteiger partial charge in [-0.15, -0.1) is 10.2 Å². The Labute approximate surface area is 181 Å². The third-order valence-corrected chi connectivity index (χ3v) is 4.40. The van der Waals surface area contributed by atoms with E-state index in [4.69, 9.17) is 16.3 Å². The van der Waals surface area contributed by atoms with Crippen LogP contribution in [-0.2, 0) is 0 Å². The standard InChI is InChI=1S/C21H15ClN6O3/c1-23-20(30)18-11-15(7-8-24-18)31-14-5-6-16-17(10-14)27-28-21(25-16)26-19(29)12-3-2-4-13(22)9-12/h2-11H,1H3,(H,23,30)(H,25,26,28,29). The summed E-state index contributed by atoms with van der Waals surface area (Å²) in [6, 6.07) is 14.7. The summed E-state index contributed by atoms with van der Waals surface area (Å²) in [5, 5.41) is 13.6. The summed E-state index contributed by atoms with van der Waals surface area (Å²) in [5.74, 6) is 0.280. The second-order valence-electron chi connectivity index (χ2n) is 6.31. The first-order valence-corrected chi connectivity index (χ1v) is 9.47. The van der Waals surface area contributed by atoms with E-state index < -0.39 is 5.91 Å². The molecule has 4 aromatic rings. The van der Waals surface area contributed by atoms with E-state index in [2.05, 4.69) is 30.8 Å². The minimum Gasteiger partial charge on any atom is -0.457 e. The van der Waals surface area contributed by atoms with Gasteiger partial charge in [0.1, 0.15) is 22.7 Å². The van der Waals surface area contributed by atoms with E-state index in [1.807, 2.05) is 0 Å². The van der Waals surface area contributed by atoms with Crippen LogP contribution in [0.5, 0.6) is 11.5 Å². The molecule has 2 heterocycles. The van der Waals surface area contributed by atoms with E-state index in [1.54, 1.807) is 48.5 Å². The maximum atomic E-state index is 12.3. The first kappa shape index (κ1) is 20.2. The highest BCUT2D eigenvalue weighted by Crippen LogP contribution is 2.24. The minimum absolute atomic E-state index is 0.0653. The number of fused-ring (bicyclic) bond motifs is 1. The third-order valence-electron chi connectivity index (χ3n) is 4.16. The smallest absolute Gasteiger partial charge is 0.269 e. The number of amides is 2. The average Bonchev–Trinajstić information content (AvgIpc) is 2.78. The zero-order valence-electron chi connectivity index (χ0n) is 16.2. The Bertz CT molecular complexity index is 1300. The number of carbonyl (C=O) groups excluding carboxylic acids is 2. The largest absolute Gasteiger partial charge is 0.457 e. The number of nitrogens with one attached hydrogen (secondary N) is 2. The molecular formula is C21H15ClN6O3. The van der Waals surface area contributed by atoms with E-state index in [-0.39, 0.29) is 17.5 Å². The van der Waals surface area contributed by atoms with E-state index in [0.717, 1.165) is 0 Å². The zero-order chi connectivity index (χ0) is 21.8. The van der Waals surface area contributed by atoms with Gasteiger partial charge in [-0.1, -0.05) is 17.7 Å². The molecule has 2 aromatic heterocycles. The number of carbonyl (C=O) groups is 2. The van der Waals surface area contributed by atoms with Gasteiger partial charge in [-0.2, -0.15) is 0 Å². The van der Waals surface area contributed by atoms with E-state index >= 15 is 0 Å². The predicted octanol–water partition coefficient (Wildman–Crippen LogP) is 3.48. The number of aromatic nitrogens is 4. The molecule has 2 amide bonds. The number of halogens is 1. The second-order valence-corrected chi connectivity index (χ2v) is 6.74. The van der Waals surface area contributed by atoms with E-state index in [9.17, 15) is 9.59 Å². The van der Waals surface area contributed by atoms with Crippen LogP contribution in [0.25, 0.3) is 11.0 Å². The monoisotopic (exact) mass is 434 g/mol. The first-order chi connectivity index (χ1) is 15.0. The summed E-state index contributed by atoms with van der Waals surface area (Å²) >= 11 is 5.92. The van der Waals surface area contributed by atoms with Crippen molar-refractivity contribution in [1.29, 1.82) is 0 Å². The fourth-order valence-corrected chi connectivity index (χ4v) is 2.89. The molecule has 2 N–H and O–H groups in total. The number of rotatable bonds is 5. The molecule has 0 aliphatic heterocycles. The van der Waals surface area contributed by atoms with Crippen LogP contribution in [0.3, 0.4) is 0 Å². The summed E-state index contributed by atoms with van der Waals surface area (Å²) in [6.07, 6.45) is 1.48. The Balaban J connectivity index is 1.52.